The first kappa shape index (κ1) is 14.7. The molecule has 21 heavy (non-hydrogen) atoms. The second-order valence-electron chi connectivity index (χ2n) is 4.52. The molecule has 106 valence electrons. The number of aromatic nitrogens is 1. The van der Waals surface area contributed by atoms with Crippen molar-refractivity contribution in [1.82, 2.24) is 10.3 Å². The highest BCUT2D eigenvalue weighted by molar-refractivity contribution is 5.88. The van der Waals surface area contributed by atoms with E-state index < -0.39 is 0 Å². The fourth-order valence-corrected chi connectivity index (χ4v) is 2.00. The fourth-order valence-electron chi connectivity index (χ4n) is 2.00. The number of allylic oxidation sites excluding steroid dienone is 3. The predicted octanol–water partition coefficient (Wildman–Crippen LogP) is 3.42. The average molecular weight is 278 g/mol. The SMILES string of the molecule is C/C=C/C=C/C(=O)N[C@@H](c1ccccc1)c1ccncc1. The average Bonchev–Trinajstić information content (AvgIpc) is 2.54. The van der Waals surface area contributed by atoms with Crippen LogP contribution in [-0.2, 0) is 4.79 Å². The molecule has 1 aromatic carbocycles. The first-order chi connectivity index (χ1) is 10.3. The van der Waals surface area contributed by atoms with Crippen LogP contribution in [0.4, 0.5) is 0 Å². The molecule has 1 aromatic heterocycles. The maximum Gasteiger partial charge on any atom is 0.244 e. The zero-order valence-corrected chi connectivity index (χ0v) is 11.9. The molecule has 3 heteroatoms. The molecule has 0 aliphatic heterocycles. The van der Waals surface area contributed by atoms with E-state index in [1.54, 1.807) is 18.5 Å². The van der Waals surface area contributed by atoms with Crippen LogP contribution in [0.25, 0.3) is 0 Å². The minimum atomic E-state index is -0.183. The van der Waals surface area contributed by atoms with Crippen molar-refractivity contribution < 1.29 is 4.79 Å². The number of nitrogens with zero attached hydrogens (tertiary/aromatic N) is 1. The van der Waals surface area contributed by atoms with E-state index in [1.165, 1.54) is 6.08 Å². The summed E-state index contributed by atoms with van der Waals surface area (Å²) in [5, 5.41) is 3.02. The zero-order valence-electron chi connectivity index (χ0n) is 11.9. The summed E-state index contributed by atoms with van der Waals surface area (Å²) in [5.41, 5.74) is 2.04. The molecule has 2 rings (SSSR count). The van der Waals surface area contributed by atoms with Gasteiger partial charge in [-0.15, -0.1) is 0 Å². The van der Waals surface area contributed by atoms with E-state index in [0.29, 0.717) is 0 Å². The summed E-state index contributed by atoms with van der Waals surface area (Å²) in [6.45, 7) is 1.91. The number of pyridine rings is 1. The van der Waals surface area contributed by atoms with E-state index in [9.17, 15) is 4.79 Å². The number of rotatable bonds is 5. The molecule has 0 radical (unpaired) electrons. The van der Waals surface area contributed by atoms with Crippen LogP contribution in [0.15, 0.2) is 79.2 Å². The topological polar surface area (TPSA) is 42.0 Å². The van der Waals surface area contributed by atoms with Crippen LogP contribution in [-0.4, -0.2) is 10.9 Å². The summed E-state index contributed by atoms with van der Waals surface area (Å²) in [7, 11) is 0. The largest absolute Gasteiger partial charge is 0.342 e. The van der Waals surface area contributed by atoms with E-state index in [2.05, 4.69) is 10.3 Å². The van der Waals surface area contributed by atoms with Gasteiger partial charge in [0, 0.05) is 18.5 Å². The van der Waals surface area contributed by atoms with E-state index in [4.69, 9.17) is 0 Å². The Balaban J connectivity index is 2.23. The molecule has 2 aromatic rings. The summed E-state index contributed by atoms with van der Waals surface area (Å²) in [6, 6.07) is 13.5. The molecule has 1 atom stereocenters. The van der Waals surface area contributed by atoms with Gasteiger partial charge in [0.1, 0.15) is 0 Å². The minimum absolute atomic E-state index is 0.126. The van der Waals surface area contributed by atoms with Gasteiger partial charge in [-0.2, -0.15) is 0 Å². The second-order valence-corrected chi connectivity index (χ2v) is 4.52. The smallest absolute Gasteiger partial charge is 0.244 e. The van der Waals surface area contributed by atoms with Gasteiger partial charge < -0.3 is 5.32 Å². The van der Waals surface area contributed by atoms with Gasteiger partial charge in [-0.3, -0.25) is 9.78 Å². The molecule has 3 nitrogen and oxygen atoms in total. The molecule has 0 unspecified atom stereocenters. The molecule has 0 fully saturated rings. The van der Waals surface area contributed by atoms with Crippen molar-refractivity contribution in [3.63, 3.8) is 0 Å². The lowest BCUT2D eigenvalue weighted by Crippen LogP contribution is -2.27. The van der Waals surface area contributed by atoms with Crippen LogP contribution in [0.5, 0.6) is 0 Å². The predicted molar refractivity (Wildman–Crippen MR) is 84.6 cm³/mol. The summed E-state index contributed by atoms with van der Waals surface area (Å²) in [6.07, 6.45) is 10.4. The Bertz CT molecular complexity index is 579. The number of nitrogens with one attached hydrogen (secondary N) is 1. The molecular weight excluding hydrogens is 260 g/mol. The van der Waals surface area contributed by atoms with Crippen molar-refractivity contribution in [1.29, 1.82) is 0 Å². The monoisotopic (exact) mass is 278 g/mol. The lowest BCUT2D eigenvalue weighted by Gasteiger charge is -2.18. The van der Waals surface area contributed by atoms with Gasteiger partial charge in [0.05, 0.1) is 6.04 Å². The van der Waals surface area contributed by atoms with Gasteiger partial charge in [0.25, 0.3) is 0 Å². The van der Waals surface area contributed by atoms with Crippen LogP contribution in [0.3, 0.4) is 0 Å². The van der Waals surface area contributed by atoms with Crippen molar-refractivity contribution in [2.45, 2.75) is 13.0 Å². The molecule has 1 heterocycles. The molecular formula is C18H18N2O. The lowest BCUT2D eigenvalue weighted by molar-refractivity contribution is -0.117. The Hall–Kier alpha value is -2.68. The minimum Gasteiger partial charge on any atom is -0.342 e. The molecule has 1 amide bonds. The molecule has 0 bridgehead atoms. The molecule has 0 aliphatic rings. The highest BCUT2D eigenvalue weighted by atomic mass is 16.1. The lowest BCUT2D eigenvalue weighted by atomic mass is 9.99. The maximum absolute atomic E-state index is 12.0. The van der Waals surface area contributed by atoms with Crippen LogP contribution in [0, 0.1) is 0 Å². The third kappa shape index (κ3) is 4.42. The molecule has 0 saturated heterocycles. The summed E-state index contributed by atoms with van der Waals surface area (Å²) in [4.78, 5) is 16.1. The van der Waals surface area contributed by atoms with Crippen LogP contribution in [0.2, 0.25) is 0 Å². The Kier molecular flexibility index (Phi) is 5.47. The van der Waals surface area contributed by atoms with Gasteiger partial charge in [0.2, 0.25) is 5.91 Å². The zero-order chi connectivity index (χ0) is 14.9. The van der Waals surface area contributed by atoms with Crippen LogP contribution >= 0.6 is 0 Å². The Morgan fingerprint density at radius 2 is 1.71 bits per heavy atom. The number of hydrogen-bond acceptors (Lipinski definition) is 2. The number of benzene rings is 1. The van der Waals surface area contributed by atoms with Crippen molar-refractivity contribution in [2.24, 2.45) is 0 Å². The molecule has 0 aliphatic carbocycles. The number of carbonyl (C=O) groups is 1. The van der Waals surface area contributed by atoms with Crippen LogP contribution in [0.1, 0.15) is 24.1 Å². The van der Waals surface area contributed by atoms with E-state index >= 15 is 0 Å². The van der Waals surface area contributed by atoms with Crippen LogP contribution < -0.4 is 5.32 Å². The first-order valence-electron chi connectivity index (χ1n) is 6.86. The summed E-state index contributed by atoms with van der Waals surface area (Å²) >= 11 is 0. The third-order valence-corrected chi connectivity index (χ3v) is 3.01. The normalized spacial score (nSPS) is 12.6. The van der Waals surface area contributed by atoms with Crippen molar-refractivity contribution >= 4 is 5.91 Å². The van der Waals surface area contributed by atoms with Gasteiger partial charge >= 0.3 is 0 Å². The Labute approximate surface area is 125 Å². The number of carbonyl (C=O) groups excluding carboxylic acids is 1. The Morgan fingerprint density at radius 3 is 2.38 bits per heavy atom. The summed E-state index contributed by atoms with van der Waals surface area (Å²) in [5.74, 6) is -0.126. The third-order valence-electron chi connectivity index (χ3n) is 3.01. The van der Waals surface area contributed by atoms with Gasteiger partial charge in [0.15, 0.2) is 0 Å². The molecule has 0 spiro atoms. The Morgan fingerprint density at radius 1 is 1.05 bits per heavy atom. The maximum atomic E-state index is 12.0. The number of hydrogen-bond donors (Lipinski definition) is 1. The van der Waals surface area contributed by atoms with E-state index in [0.717, 1.165) is 11.1 Å². The summed E-state index contributed by atoms with van der Waals surface area (Å²) < 4.78 is 0. The van der Waals surface area contributed by atoms with Gasteiger partial charge in [-0.05, 0) is 30.2 Å². The highest BCUT2D eigenvalue weighted by Crippen LogP contribution is 2.21. The van der Waals surface area contributed by atoms with Gasteiger partial charge in [-0.25, -0.2) is 0 Å². The van der Waals surface area contributed by atoms with Gasteiger partial charge in [-0.1, -0.05) is 48.6 Å². The molecule has 0 saturated carbocycles. The van der Waals surface area contributed by atoms with Crippen molar-refractivity contribution in [3.8, 4) is 0 Å². The van der Waals surface area contributed by atoms with Crippen molar-refractivity contribution in [2.75, 3.05) is 0 Å². The number of amides is 1. The first-order valence-corrected chi connectivity index (χ1v) is 6.86. The standard InChI is InChI=1S/C18H18N2O/c1-2-3-5-10-17(21)20-18(15-8-6-4-7-9-15)16-11-13-19-14-12-16/h2-14,18H,1H3,(H,20,21)/b3-2+,10-5+/t18-/m0/s1. The quantitative estimate of drug-likeness (QED) is 0.672. The van der Waals surface area contributed by atoms with Crippen molar-refractivity contribution in [3.05, 3.63) is 90.3 Å². The highest BCUT2D eigenvalue weighted by Gasteiger charge is 2.15. The fraction of sp³-hybridized carbons (Fsp3) is 0.111. The van der Waals surface area contributed by atoms with E-state index in [1.807, 2.05) is 61.5 Å². The second kappa shape index (κ2) is 7.80. The molecule has 1 N–H and O–H groups in total. The van der Waals surface area contributed by atoms with E-state index in [-0.39, 0.29) is 11.9 Å².